The fraction of sp³-hybridized carbons (Fsp3) is 0.0714. The highest BCUT2D eigenvalue weighted by Gasteiger charge is 2.14. The van der Waals surface area contributed by atoms with Crippen molar-refractivity contribution in [2.45, 2.75) is 6.54 Å². The third-order valence-corrected chi connectivity index (χ3v) is 3.27. The molecule has 0 atom stereocenters. The molecule has 0 saturated carbocycles. The first-order valence-electron chi connectivity index (χ1n) is 6.19. The smallest absolute Gasteiger partial charge is 0.306 e. The minimum Gasteiger partial charge on any atom is -0.358 e. The van der Waals surface area contributed by atoms with Gasteiger partial charge in [0.05, 0.1) is 4.92 Å². The second-order valence-electron chi connectivity index (χ2n) is 4.36. The largest absolute Gasteiger partial charge is 0.358 e. The third-order valence-electron chi connectivity index (χ3n) is 2.77. The van der Waals surface area contributed by atoms with Crippen LogP contribution in [-0.2, 0) is 6.54 Å². The Balaban J connectivity index is 1.96. The zero-order valence-electron chi connectivity index (χ0n) is 11.2. The van der Waals surface area contributed by atoms with Crippen molar-refractivity contribution in [2.24, 2.45) is 0 Å². The standard InChI is InChI=1S/C14H11ClFN3O2S/c15-10-3-1-9(2-4-10)8-17-14(22)18-11-5-6-12(16)13(7-11)19(20)21/h1-7H,8H2,(H2,17,18,22). The number of nitrogens with zero attached hydrogens (tertiary/aromatic N) is 1. The van der Waals surface area contributed by atoms with Crippen LogP contribution in [0.25, 0.3) is 0 Å². The molecule has 5 nitrogen and oxygen atoms in total. The summed E-state index contributed by atoms with van der Waals surface area (Å²) >= 11 is 10.9. The lowest BCUT2D eigenvalue weighted by atomic mass is 10.2. The Labute approximate surface area is 136 Å². The van der Waals surface area contributed by atoms with Gasteiger partial charge in [-0.3, -0.25) is 10.1 Å². The van der Waals surface area contributed by atoms with Gasteiger partial charge in [-0.2, -0.15) is 4.39 Å². The van der Waals surface area contributed by atoms with Gasteiger partial charge in [0.15, 0.2) is 5.11 Å². The molecule has 22 heavy (non-hydrogen) atoms. The van der Waals surface area contributed by atoms with Crippen LogP contribution in [0.2, 0.25) is 5.02 Å². The van der Waals surface area contributed by atoms with E-state index in [1.54, 1.807) is 12.1 Å². The number of thiocarbonyl (C=S) groups is 1. The minimum absolute atomic E-state index is 0.274. The zero-order chi connectivity index (χ0) is 16.1. The molecule has 2 N–H and O–H groups in total. The minimum atomic E-state index is -0.893. The van der Waals surface area contributed by atoms with Gasteiger partial charge in [0, 0.05) is 23.3 Å². The molecule has 0 amide bonds. The fourth-order valence-corrected chi connectivity index (χ4v) is 2.01. The third kappa shape index (κ3) is 4.37. The Morgan fingerprint density at radius 2 is 1.95 bits per heavy atom. The van der Waals surface area contributed by atoms with Crippen LogP contribution in [0.3, 0.4) is 0 Å². The molecule has 0 heterocycles. The van der Waals surface area contributed by atoms with Crippen molar-refractivity contribution in [1.82, 2.24) is 5.32 Å². The van der Waals surface area contributed by atoms with Crippen molar-refractivity contribution in [3.8, 4) is 0 Å². The molecule has 0 aliphatic heterocycles. The Morgan fingerprint density at radius 3 is 2.59 bits per heavy atom. The van der Waals surface area contributed by atoms with Gasteiger partial charge in [0.1, 0.15) is 0 Å². The summed E-state index contributed by atoms with van der Waals surface area (Å²) in [5.74, 6) is -0.893. The molecule has 2 aromatic rings. The highest BCUT2D eigenvalue weighted by molar-refractivity contribution is 7.80. The second kappa shape index (κ2) is 7.15. The Bertz CT molecular complexity index is 710. The van der Waals surface area contributed by atoms with E-state index in [2.05, 4.69) is 10.6 Å². The van der Waals surface area contributed by atoms with Crippen molar-refractivity contribution >= 4 is 40.3 Å². The molecule has 0 aromatic heterocycles. The van der Waals surface area contributed by atoms with Crippen molar-refractivity contribution < 1.29 is 9.31 Å². The average Bonchev–Trinajstić information content (AvgIpc) is 2.48. The van der Waals surface area contributed by atoms with E-state index in [1.807, 2.05) is 12.1 Å². The van der Waals surface area contributed by atoms with Crippen LogP contribution >= 0.6 is 23.8 Å². The number of benzene rings is 2. The molecule has 0 unspecified atom stereocenters. The number of nitro benzene ring substituents is 1. The van der Waals surface area contributed by atoms with Gasteiger partial charge in [0.2, 0.25) is 5.82 Å². The van der Waals surface area contributed by atoms with E-state index >= 15 is 0 Å². The van der Waals surface area contributed by atoms with Crippen LogP contribution in [0.4, 0.5) is 15.8 Å². The number of anilines is 1. The lowest BCUT2D eigenvalue weighted by Crippen LogP contribution is -2.27. The molecule has 2 rings (SSSR count). The van der Waals surface area contributed by atoms with Crippen molar-refractivity contribution in [3.63, 3.8) is 0 Å². The van der Waals surface area contributed by atoms with Crippen molar-refractivity contribution in [2.75, 3.05) is 5.32 Å². The summed E-state index contributed by atoms with van der Waals surface area (Å²) < 4.78 is 13.2. The van der Waals surface area contributed by atoms with Gasteiger partial charge in [-0.05, 0) is 42.0 Å². The maximum absolute atomic E-state index is 13.2. The van der Waals surface area contributed by atoms with E-state index < -0.39 is 16.4 Å². The molecule has 2 aromatic carbocycles. The van der Waals surface area contributed by atoms with Crippen molar-refractivity contribution in [3.05, 3.63) is 69.0 Å². The van der Waals surface area contributed by atoms with E-state index in [0.717, 1.165) is 17.7 Å². The molecule has 114 valence electrons. The molecule has 0 bridgehead atoms. The van der Waals surface area contributed by atoms with Crippen LogP contribution in [0.15, 0.2) is 42.5 Å². The number of halogens is 2. The van der Waals surface area contributed by atoms with Crippen LogP contribution in [-0.4, -0.2) is 10.0 Å². The van der Waals surface area contributed by atoms with Gasteiger partial charge in [0.25, 0.3) is 0 Å². The van der Waals surface area contributed by atoms with E-state index in [4.69, 9.17) is 23.8 Å². The normalized spacial score (nSPS) is 10.1. The predicted molar refractivity (Wildman–Crippen MR) is 87.6 cm³/mol. The van der Waals surface area contributed by atoms with E-state index in [-0.39, 0.29) is 5.11 Å². The average molecular weight is 340 g/mol. The predicted octanol–water partition coefficient (Wildman–Crippen LogP) is 3.87. The first-order valence-corrected chi connectivity index (χ1v) is 6.97. The maximum atomic E-state index is 13.2. The van der Waals surface area contributed by atoms with Gasteiger partial charge in [-0.1, -0.05) is 23.7 Å². The quantitative estimate of drug-likeness (QED) is 0.503. The summed E-state index contributed by atoms with van der Waals surface area (Å²) in [6.07, 6.45) is 0. The van der Waals surface area contributed by atoms with Gasteiger partial charge >= 0.3 is 5.69 Å². The number of hydrogen-bond donors (Lipinski definition) is 2. The summed E-state index contributed by atoms with van der Waals surface area (Å²) in [7, 11) is 0. The Hall–Kier alpha value is -2.25. The SMILES string of the molecule is O=[N+]([O-])c1cc(NC(=S)NCc2ccc(Cl)cc2)ccc1F. The summed E-state index contributed by atoms with van der Waals surface area (Å²) in [5.41, 5.74) is 0.700. The highest BCUT2D eigenvalue weighted by Crippen LogP contribution is 2.21. The second-order valence-corrected chi connectivity index (χ2v) is 5.20. The first kappa shape index (κ1) is 16.1. The summed E-state index contributed by atoms with van der Waals surface area (Å²) in [5, 5.41) is 17.3. The van der Waals surface area contributed by atoms with Gasteiger partial charge in [-0.15, -0.1) is 0 Å². The van der Waals surface area contributed by atoms with E-state index in [1.165, 1.54) is 6.07 Å². The number of nitro groups is 1. The Kier molecular flexibility index (Phi) is 5.24. The lowest BCUT2D eigenvalue weighted by Gasteiger charge is -2.10. The highest BCUT2D eigenvalue weighted by atomic mass is 35.5. The first-order chi connectivity index (χ1) is 10.5. The topological polar surface area (TPSA) is 67.2 Å². The summed E-state index contributed by atoms with van der Waals surface area (Å²) in [6, 6.07) is 10.7. The van der Waals surface area contributed by atoms with Crippen LogP contribution in [0, 0.1) is 15.9 Å². The summed E-state index contributed by atoms with van der Waals surface area (Å²) in [4.78, 5) is 9.89. The molecular weight excluding hydrogens is 329 g/mol. The molecule has 0 fully saturated rings. The number of rotatable bonds is 4. The molecule has 0 saturated heterocycles. The van der Waals surface area contributed by atoms with E-state index in [0.29, 0.717) is 17.3 Å². The zero-order valence-corrected chi connectivity index (χ0v) is 12.7. The van der Waals surface area contributed by atoms with Crippen LogP contribution < -0.4 is 10.6 Å². The maximum Gasteiger partial charge on any atom is 0.306 e. The Morgan fingerprint density at radius 1 is 1.27 bits per heavy atom. The lowest BCUT2D eigenvalue weighted by molar-refractivity contribution is -0.387. The van der Waals surface area contributed by atoms with E-state index in [9.17, 15) is 14.5 Å². The molecule has 0 spiro atoms. The number of nitrogens with one attached hydrogen (secondary N) is 2. The molecule has 0 aliphatic rings. The van der Waals surface area contributed by atoms with Crippen LogP contribution in [0.5, 0.6) is 0 Å². The van der Waals surface area contributed by atoms with Gasteiger partial charge < -0.3 is 10.6 Å². The van der Waals surface area contributed by atoms with Crippen molar-refractivity contribution in [1.29, 1.82) is 0 Å². The van der Waals surface area contributed by atoms with Gasteiger partial charge in [-0.25, -0.2) is 0 Å². The molecular formula is C14H11ClFN3O2S. The monoisotopic (exact) mass is 339 g/mol. The number of hydrogen-bond acceptors (Lipinski definition) is 3. The summed E-state index contributed by atoms with van der Waals surface area (Å²) in [6.45, 7) is 0.465. The fourth-order valence-electron chi connectivity index (χ4n) is 1.69. The molecule has 0 radical (unpaired) electrons. The van der Waals surface area contributed by atoms with Crippen LogP contribution in [0.1, 0.15) is 5.56 Å². The molecule has 8 heteroatoms. The molecule has 0 aliphatic carbocycles.